The summed E-state index contributed by atoms with van der Waals surface area (Å²) < 4.78 is 10.1. The van der Waals surface area contributed by atoms with E-state index in [2.05, 4.69) is 244 Å². The Morgan fingerprint density at radius 3 is 1.57 bits per heavy atom. The van der Waals surface area contributed by atoms with Gasteiger partial charge in [-0.05, 0) is 179 Å². The molecule has 72 heavy (non-hydrogen) atoms. The van der Waals surface area contributed by atoms with Crippen LogP contribution in [0.3, 0.4) is 0 Å². The Kier molecular flexibility index (Phi) is 8.62. The zero-order chi connectivity index (χ0) is 48.3. The van der Waals surface area contributed by atoms with E-state index in [1.54, 1.807) is 0 Å². The predicted molar refractivity (Wildman–Crippen MR) is 305 cm³/mol. The molecule has 5 heterocycles. The van der Waals surface area contributed by atoms with Crippen LogP contribution in [0.25, 0.3) is 49.7 Å². The number of rotatable bonds is 4. The average molecular weight is 922 g/mol. The van der Waals surface area contributed by atoms with Crippen molar-refractivity contribution in [2.45, 2.75) is 41.5 Å². The molecule has 340 valence electrons. The van der Waals surface area contributed by atoms with Crippen LogP contribution in [0.5, 0.6) is 11.5 Å². The lowest BCUT2D eigenvalue weighted by Crippen LogP contribution is -2.64. The van der Waals surface area contributed by atoms with Crippen LogP contribution in [-0.4, -0.2) is 18.0 Å². The van der Waals surface area contributed by atoms with Crippen molar-refractivity contribution in [2.24, 2.45) is 0 Å². The number of para-hydroxylation sites is 5. The third-order valence-electron chi connectivity index (χ3n) is 16.3. The SMILES string of the molecule is Cc1cc(C)c(-c2cc3c4c(c2)N(c2ccccc2)c2ccccc2B4c2cc4c(cc2O3)N(c2ccccc2)c2cc(-c3c(C)cc(C)cc3C)cc3c2B4c2cccc4c5ccccc5n-3c24)c(C)c1. The van der Waals surface area contributed by atoms with Crippen LogP contribution in [-0.2, 0) is 0 Å². The summed E-state index contributed by atoms with van der Waals surface area (Å²) in [5, 5.41) is 2.56. The third-order valence-corrected chi connectivity index (χ3v) is 16.3. The van der Waals surface area contributed by atoms with Gasteiger partial charge in [0.05, 0.1) is 5.52 Å². The van der Waals surface area contributed by atoms with E-state index in [0.717, 1.165) is 39.8 Å². The Balaban J connectivity index is 1.05. The normalized spacial score (nSPS) is 13.4. The number of fused-ring (bicyclic) bond motifs is 11. The van der Waals surface area contributed by atoms with Gasteiger partial charge in [0.15, 0.2) is 0 Å². The Bertz CT molecular complexity index is 4130. The van der Waals surface area contributed by atoms with Gasteiger partial charge in [-0.2, -0.15) is 0 Å². The first-order valence-corrected chi connectivity index (χ1v) is 25.4. The summed E-state index contributed by atoms with van der Waals surface area (Å²) in [7, 11) is 0. The van der Waals surface area contributed by atoms with E-state index in [-0.39, 0.29) is 13.4 Å². The molecule has 0 saturated carbocycles. The molecule has 0 radical (unpaired) electrons. The molecule has 1 aromatic heterocycles. The van der Waals surface area contributed by atoms with Crippen LogP contribution in [0.4, 0.5) is 34.1 Å². The third kappa shape index (κ3) is 5.66. The summed E-state index contributed by atoms with van der Waals surface area (Å²) in [6, 6.07) is 70.9. The summed E-state index contributed by atoms with van der Waals surface area (Å²) in [6.07, 6.45) is 0. The smallest absolute Gasteiger partial charge is 0.256 e. The highest BCUT2D eigenvalue weighted by atomic mass is 16.5. The summed E-state index contributed by atoms with van der Waals surface area (Å²) in [5.41, 5.74) is 30.8. The molecule has 0 aliphatic carbocycles. The van der Waals surface area contributed by atoms with E-state index in [4.69, 9.17) is 4.74 Å². The largest absolute Gasteiger partial charge is 0.458 e. The van der Waals surface area contributed by atoms with Crippen LogP contribution >= 0.6 is 0 Å². The Labute approximate surface area is 421 Å². The van der Waals surface area contributed by atoms with E-state index >= 15 is 0 Å². The van der Waals surface area contributed by atoms with Gasteiger partial charge < -0.3 is 19.1 Å². The second-order valence-corrected chi connectivity index (χ2v) is 20.8. The minimum Gasteiger partial charge on any atom is -0.458 e. The quantitative estimate of drug-likeness (QED) is 0.164. The van der Waals surface area contributed by atoms with Crippen molar-refractivity contribution in [3.63, 3.8) is 0 Å². The number of hydrogen-bond donors (Lipinski definition) is 0. The lowest BCUT2D eigenvalue weighted by molar-refractivity contribution is 0.488. The lowest BCUT2D eigenvalue weighted by atomic mass is 9.30. The molecule has 4 aliphatic heterocycles. The van der Waals surface area contributed by atoms with Gasteiger partial charge in [-0.15, -0.1) is 0 Å². The lowest BCUT2D eigenvalue weighted by Gasteiger charge is -2.43. The van der Waals surface area contributed by atoms with Gasteiger partial charge in [-0.25, -0.2) is 0 Å². The van der Waals surface area contributed by atoms with Crippen LogP contribution in [0.15, 0.2) is 188 Å². The van der Waals surface area contributed by atoms with Crippen molar-refractivity contribution >= 4 is 102 Å². The van der Waals surface area contributed by atoms with Crippen molar-refractivity contribution in [2.75, 3.05) is 9.80 Å². The van der Waals surface area contributed by atoms with Gasteiger partial charge in [0.25, 0.3) is 13.4 Å². The van der Waals surface area contributed by atoms with Crippen LogP contribution in [0.2, 0.25) is 0 Å². The first kappa shape index (κ1) is 41.3. The minimum atomic E-state index is -0.0822. The molecule has 6 heteroatoms. The molecule has 0 atom stereocenters. The van der Waals surface area contributed by atoms with E-state index in [1.165, 1.54) is 122 Å². The monoisotopic (exact) mass is 921 g/mol. The van der Waals surface area contributed by atoms with E-state index in [9.17, 15) is 0 Å². The van der Waals surface area contributed by atoms with Gasteiger partial charge >= 0.3 is 0 Å². The summed E-state index contributed by atoms with van der Waals surface area (Å²) in [6.45, 7) is 13.3. The van der Waals surface area contributed by atoms with E-state index < -0.39 is 0 Å². The average Bonchev–Trinajstić information content (AvgIpc) is 3.72. The number of benzene rings is 10. The summed E-state index contributed by atoms with van der Waals surface area (Å²) in [4.78, 5) is 5.00. The number of ether oxygens (including phenoxy) is 1. The number of aromatic nitrogens is 1. The van der Waals surface area contributed by atoms with Crippen LogP contribution < -0.4 is 47.3 Å². The fraction of sp³-hybridized carbons (Fsp3) is 0.0909. The molecule has 0 spiro atoms. The zero-order valence-corrected chi connectivity index (χ0v) is 41.3. The second-order valence-electron chi connectivity index (χ2n) is 20.8. The molecular formula is C66H49B2N3O. The molecule has 0 amide bonds. The Hall–Kier alpha value is -8.47. The maximum atomic E-state index is 7.57. The summed E-state index contributed by atoms with van der Waals surface area (Å²) in [5.74, 6) is 1.79. The summed E-state index contributed by atoms with van der Waals surface area (Å²) >= 11 is 0. The number of nitrogens with zero attached hydrogens (tertiary/aromatic N) is 3. The highest BCUT2D eigenvalue weighted by molar-refractivity contribution is 7.02. The van der Waals surface area contributed by atoms with E-state index in [0.29, 0.717) is 0 Å². The topological polar surface area (TPSA) is 20.6 Å². The standard InChI is InChI=1S/C66H49B2N3O/c1-38-28-40(3)62(41(4)29-38)44-32-57-64-58(33-44)71-54-26-15-13-22-48(54)49-23-17-25-51(66(49)71)68(64)52-36-53-60(37-56(52)70(57)47-20-11-8-12-21-47)72-61-35-45(63-42(5)30-39(2)31-43(63)6)34-59-65(61)67(53)50-24-14-16-27-55(50)69(59)46-18-9-7-10-19-46/h7-37H,1-6H3. The van der Waals surface area contributed by atoms with Crippen molar-refractivity contribution < 1.29 is 4.74 Å². The predicted octanol–water partition coefficient (Wildman–Crippen LogP) is 13.0. The number of hydrogen-bond acceptors (Lipinski definition) is 3. The van der Waals surface area contributed by atoms with Gasteiger partial charge in [-0.3, -0.25) is 0 Å². The fourth-order valence-electron chi connectivity index (χ4n) is 13.9. The fourth-order valence-corrected chi connectivity index (χ4v) is 13.9. The Morgan fingerprint density at radius 2 is 0.889 bits per heavy atom. The minimum absolute atomic E-state index is 0.0552. The highest BCUT2D eigenvalue weighted by Crippen LogP contribution is 2.48. The van der Waals surface area contributed by atoms with Gasteiger partial charge in [0.2, 0.25) is 0 Å². The highest BCUT2D eigenvalue weighted by Gasteiger charge is 2.47. The second kappa shape index (κ2) is 15.0. The molecule has 0 fully saturated rings. The molecule has 0 unspecified atom stereocenters. The maximum Gasteiger partial charge on any atom is 0.256 e. The molecule has 4 nitrogen and oxygen atoms in total. The first-order valence-electron chi connectivity index (χ1n) is 25.4. The maximum absolute atomic E-state index is 7.57. The molecule has 11 aromatic rings. The van der Waals surface area contributed by atoms with Gasteiger partial charge in [0.1, 0.15) is 11.5 Å². The van der Waals surface area contributed by atoms with Crippen molar-refractivity contribution in [3.8, 4) is 39.4 Å². The van der Waals surface area contributed by atoms with Gasteiger partial charge in [-0.1, -0.05) is 132 Å². The van der Waals surface area contributed by atoms with E-state index in [1.807, 2.05) is 0 Å². The molecular weight excluding hydrogens is 872 g/mol. The van der Waals surface area contributed by atoms with Crippen molar-refractivity contribution in [3.05, 3.63) is 221 Å². The molecule has 15 rings (SSSR count). The number of anilines is 6. The molecule has 0 bridgehead atoms. The molecule has 0 N–H and O–H groups in total. The van der Waals surface area contributed by atoms with Crippen molar-refractivity contribution in [1.82, 2.24) is 4.57 Å². The van der Waals surface area contributed by atoms with Crippen LogP contribution in [0, 0.1) is 41.5 Å². The zero-order valence-electron chi connectivity index (χ0n) is 41.3. The van der Waals surface area contributed by atoms with Crippen LogP contribution in [0.1, 0.15) is 33.4 Å². The van der Waals surface area contributed by atoms with Gasteiger partial charge in [0, 0.05) is 62.2 Å². The van der Waals surface area contributed by atoms with Crippen molar-refractivity contribution in [1.29, 1.82) is 0 Å². The molecule has 10 aromatic carbocycles. The number of aryl methyl sites for hydroxylation is 6. The molecule has 0 saturated heterocycles. The first-order chi connectivity index (χ1) is 35.2. The Morgan fingerprint density at radius 1 is 0.361 bits per heavy atom. The molecule has 4 aliphatic rings.